The number of halogens is 2. The standard InChI is InChI=1S/C14H15Cl2N3O/c1-3-20-8-14-18-12(16)7-13(19-14)17-10-5-4-9(2)11(15)6-10/h4-7H,3,8H2,1-2H3,(H,17,18,19). The molecule has 0 bridgehead atoms. The van der Waals surface area contributed by atoms with Crippen LogP contribution in [0.4, 0.5) is 11.5 Å². The van der Waals surface area contributed by atoms with Crippen molar-refractivity contribution in [2.45, 2.75) is 20.5 Å². The Bertz CT molecular complexity index is 605. The zero-order valence-corrected chi connectivity index (χ0v) is 12.8. The molecule has 2 rings (SSSR count). The Labute approximate surface area is 128 Å². The first-order chi connectivity index (χ1) is 9.58. The van der Waals surface area contributed by atoms with Crippen LogP contribution >= 0.6 is 23.2 Å². The highest BCUT2D eigenvalue weighted by Crippen LogP contribution is 2.23. The average molecular weight is 312 g/mol. The van der Waals surface area contributed by atoms with Gasteiger partial charge in [0.25, 0.3) is 0 Å². The molecule has 0 fully saturated rings. The van der Waals surface area contributed by atoms with Gasteiger partial charge in [-0.25, -0.2) is 9.97 Å². The second kappa shape index (κ2) is 6.88. The maximum Gasteiger partial charge on any atom is 0.158 e. The topological polar surface area (TPSA) is 47.0 Å². The van der Waals surface area contributed by atoms with Gasteiger partial charge in [-0.1, -0.05) is 29.3 Å². The van der Waals surface area contributed by atoms with E-state index in [1.807, 2.05) is 32.0 Å². The van der Waals surface area contributed by atoms with Crippen LogP contribution in [0.3, 0.4) is 0 Å². The Kier molecular flexibility index (Phi) is 5.17. The van der Waals surface area contributed by atoms with E-state index in [9.17, 15) is 0 Å². The molecule has 20 heavy (non-hydrogen) atoms. The fourth-order valence-electron chi connectivity index (χ4n) is 1.61. The normalized spacial score (nSPS) is 10.6. The summed E-state index contributed by atoms with van der Waals surface area (Å²) >= 11 is 12.1. The minimum atomic E-state index is 0.334. The summed E-state index contributed by atoms with van der Waals surface area (Å²) in [6, 6.07) is 7.37. The fourth-order valence-corrected chi connectivity index (χ4v) is 1.99. The number of aryl methyl sites for hydroxylation is 1. The molecule has 1 aromatic carbocycles. The average Bonchev–Trinajstić information content (AvgIpc) is 2.40. The van der Waals surface area contributed by atoms with E-state index in [1.165, 1.54) is 0 Å². The highest BCUT2D eigenvalue weighted by atomic mass is 35.5. The largest absolute Gasteiger partial charge is 0.374 e. The first kappa shape index (κ1) is 15.0. The lowest BCUT2D eigenvalue weighted by atomic mass is 10.2. The van der Waals surface area contributed by atoms with Crippen molar-refractivity contribution in [2.24, 2.45) is 0 Å². The zero-order chi connectivity index (χ0) is 14.5. The van der Waals surface area contributed by atoms with Crippen LogP contribution in [-0.2, 0) is 11.3 Å². The number of ether oxygens (including phenoxy) is 1. The molecule has 1 heterocycles. The molecule has 0 spiro atoms. The molecule has 0 aliphatic rings. The molecule has 0 aliphatic carbocycles. The van der Waals surface area contributed by atoms with Gasteiger partial charge in [0.2, 0.25) is 0 Å². The van der Waals surface area contributed by atoms with Gasteiger partial charge in [-0.2, -0.15) is 0 Å². The van der Waals surface area contributed by atoms with Crippen LogP contribution < -0.4 is 5.32 Å². The number of nitrogens with one attached hydrogen (secondary N) is 1. The van der Waals surface area contributed by atoms with Crippen LogP contribution in [0.25, 0.3) is 0 Å². The lowest BCUT2D eigenvalue weighted by molar-refractivity contribution is 0.128. The van der Waals surface area contributed by atoms with E-state index >= 15 is 0 Å². The number of hydrogen-bond donors (Lipinski definition) is 1. The second-order valence-corrected chi connectivity index (χ2v) is 5.01. The van der Waals surface area contributed by atoms with Crippen molar-refractivity contribution in [1.82, 2.24) is 9.97 Å². The van der Waals surface area contributed by atoms with Crippen molar-refractivity contribution in [1.29, 1.82) is 0 Å². The predicted molar refractivity (Wildman–Crippen MR) is 81.8 cm³/mol. The number of rotatable bonds is 5. The Hall–Kier alpha value is -1.36. The summed E-state index contributed by atoms with van der Waals surface area (Å²) in [5.41, 5.74) is 1.87. The molecule has 0 aliphatic heterocycles. The van der Waals surface area contributed by atoms with E-state index < -0.39 is 0 Å². The first-order valence-electron chi connectivity index (χ1n) is 6.23. The summed E-state index contributed by atoms with van der Waals surface area (Å²) in [5, 5.41) is 4.22. The van der Waals surface area contributed by atoms with Crippen molar-refractivity contribution in [3.8, 4) is 0 Å². The van der Waals surface area contributed by atoms with Gasteiger partial charge in [0.15, 0.2) is 5.82 Å². The maximum atomic E-state index is 6.09. The van der Waals surface area contributed by atoms with Gasteiger partial charge < -0.3 is 10.1 Å². The van der Waals surface area contributed by atoms with Gasteiger partial charge in [-0.05, 0) is 31.5 Å². The third-order valence-electron chi connectivity index (χ3n) is 2.62. The Morgan fingerprint density at radius 3 is 2.70 bits per heavy atom. The van der Waals surface area contributed by atoms with Crippen molar-refractivity contribution >= 4 is 34.7 Å². The molecule has 4 nitrogen and oxygen atoms in total. The minimum absolute atomic E-state index is 0.334. The van der Waals surface area contributed by atoms with E-state index in [0.717, 1.165) is 11.3 Å². The number of aromatic nitrogens is 2. The van der Waals surface area contributed by atoms with E-state index in [1.54, 1.807) is 6.07 Å². The third kappa shape index (κ3) is 4.07. The Morgan fingerprint density at radius 1 is 1.20 bits per heavy atom. The summed E-state index contributed by atoms with van der Waals surface area (Å²) in [6.07, 6.45) is 0. The molecular formula is C14H15Cl2N3O. The predicted octanol–water partition coefficient (Wildman–Crippen LogP) is 4.37. The molecule has 0 saturated heterocycles. The highest BCUT2D eigenvalue weighted by molar-refractivity contribution is 6.31. The quantitative estimate of drug-likeness (QED) is 0.833. The molecule has 0 saturated carbocycles. The van der Waals surface area contributed by atoms with E-state index in [2.05, 4.69) is 15.3 Å². The molecule has 1 aromatic heterocycles. The molecule has 0 amide bonds. The molecule has 106 valence electrons. The highest BCUT2D eigenvalue weighted by Gasteiger charge is 2.05. The summed E-state index contributed by atoms with van der Waals surface area (Å²) < 4.78 is 5.28. The lowest BCUT2D eigenvalue weighted by Gasteiger charge is -2.09. The monoisotopic (exact) mass is 311 g/mol. The van der Waals surface area contributed by atoms with Gasteiger partial charge in [-0.3, -0.25) is 0 Å². The fraction of sp³-hybridized carbons (Fsp3) is 0.286. The van der Waals surface area contributed by atoms with Crippen LogP contribution in [0.15, 0.2) is 24.3 Å². The molecule has 0 unspecified atom stereocenters. The minimum Gasteiger partial charge on any atom is -0.374 e. The van der Waals surface area contributed by atoms with Gasteiger partial charge >= 0.3 is 0 Å². The van der Waals surface area contributed by atoms with Crippen LogP contribution in [-0.4, -0.2) is 16.6 Å². The summed E-state index contributed by atoms with van der Waals surface area (Å²) in [5.74, 6) is 1.15. The van der Waals surface area contributed by atoms with Crippen LogP contribution in [0.2, 0.25) is 10.2 Å². The second-order valence-electron chi connectivity index (χ2n) is 4.22. The zero-order valence-electron chi connectivity index (χ0n) is 11.3. The van der Waals surface area contributed by atoms with Crippen molar-refractivity contribution in [3.05, 3.63) is 45.8 Å². The SMILES string of the molecule is CCOCc1nc(Cl)cc(Nc2ccc(C)c(Cl)c2)n1. The maximum absolute atomic E-state index is 6.09. The van der Waals surface area contributed by atoms with E-state index in [0.29, 0.717) is 35.0 Å². The molecular weight excluding hydrogens is 297 g/mol. The van der Waals surface area contributed by atoms with Crippen LogP contribution in [0.1, 0.15) is 18.3 Å². The van der Waals surface area contributed by atoms with Gasteiger partial charge in [-0.15, -0.1) is 0 Å². The summed E-state index contributed by atoms with van der Waals surface area (Å²) in [7, 11) is 0. The van der Waals surface area contributed by atoms with Crippen LogP contribution in [0, 0.1) is 6.92 Å². The summed E-state index contributed by atoms with van der Waals surface area (Å²) in [6.45, 7) is 4.80. The number of hydrogen-bond acceptors (Lipinski definition) is 4. The number of nitrogens with zero attached hydrogens (tertiary/aromatic N) is 2. The Balaban J connectivity index is 2.19. The van der Waals surface area contributed by atoms with Crippen molar-refractivity contribution in [3.63, 3.8) is 0 Å². The smallest absolute Gasteiger partial charge is 0.158 e. The molecule has 1 N–H and O–H groups in total. The first-order valence-corrected chi connectivity index (χ1v) is 6.98. The van der Waals surface area contributed by atoms with E-state index in [-0.39, 0.29) is 0 Å². The molecule has 2 aromatic rings. The van der Waals surface area contributed by atoms with E-state index in [4.69, 9.17) is 27.9 Å². The van der Waals surface area contributed by atoms with Crippen molar-refractivity contribution in [2.75, 3.05) is 11.9 Å². The molecule has 0 radical (unpaired) electrons. The van der Waals surface area contributed by atoms with Gasteiger partial charge in [0.05, 0.1) is 0 Å². The lowest BCUT2D eigenvalue weighted by Crippen LogP contribution is -2.03. The van der Waals surface area contributed by atoms with Crippen LogP contribution in [0.5, 0.6) is 0 Å². The summed E-state index contributed by atoms with van der Waals surface area (Å²) in [4.78, 5) is 8.45. The molecule has 0 atom stereocenters. The molecule has 6 heteroatoms. The van der Waals surface area contributed by atoms with Crippen molar-refractivity contribution < 1.29 is 4.74 Å². The third-order valence-corrected chi connectivity index (χ3v) is 3.22. The van der Waals surface area contributed by atoms with Gasteiger partial charge in [0.1, 0.15) is 17.6 Å². The van der Waals surface area contributed by atoms with Gasteiger partial charge in [0, 0.05) is 23.4 Å². The number of anilines is 2. The Morgan fingerprint density at radius 2 is 2.00 bits per heavy atom. The number of benzene rings is 1.